The molecule has 8 rings (SSSR count). The average Bonchev–Trinajstić information content (AvgIpc) is 3.17. The Kier molecular flexibility index (Phi) is 35.1. The first-order valence-electron chi connectivity index (χ1n) is 16.0. The van der Waals surface area contributed by atoms with Crippen molar-refractivity contribution in [2.45, 2.75) is 0 Å². The van der Waals surface area contributed by atoms with Crippen molar-refractivity contribution < 1.29 is 121 Å². The fourth-order valence-electron chi connectivity index (χ4n) is 5.00. The summed E-state index contributed by atoms with van der Waals surface area (Å²) in [6, 6.07) is 29.2. The predicted molar refractivity (Wildman–Crippen MR) is 231 cm³/mol. The normalized spacial score (nSPS) is 8.60. The zero-order valence-corrected chi connectivity index (χ0v) is 35.1. The summed E-state index contributed by atoms with van der Waals surface area (Å²) in [5.74, 6) is -3.26. The number of hydrogen-bond donors (Lipinski definition) is 4. The van der Waals surface area contributed by atoms with E-state index in [1.165, 1.54) is 24.3 Å². The van der Waals surface area contributed by atoms with Crippen LogP contribution in [0.2, 0.25) is 0 Å². The first kappa shape index (κ1) is 73.0. The van der Waals surface area contributed by atoms with E-state index in [4.69, 9.17) is 22.9 Å². The first-order chi connectivity index (χ1) is 26.7. The molecule has 6 aromatic heterocycles. The quantitative estimate of drug-likeness (QED) is 0.119. The molecule has 8 aromatic rings. The summed E-state index contributed by atoms with van der Waals surface area (Å²) in [5, 5.41) is 46.1. The molecule has 0 unspecified atom stereocenters. The number of nitrogens with one attached hydrogen (secondary N) is 2. The molecule has 0 aliphatic heterocycles. The number of carbonyl (C=O) groups excluding carboxylic acids is 4. The van der Waals surface area contributed by atoms with E-state index in [9.17, 15) is 39.6 Å². The van der Waals surface area contributed by atoms with Crippen molar-refractivity contribution in [2.24, 2.45) is 0 Å². The van der Waals surface area contributed by atoms with Crippen molar-refractivity contribution in [1.82, 2.24) is 19.9 Å². The van der Waals surface area contributed by atoms with Gasteiger partial charge in [0.15, 0.2) is 0 Å². The molecule has 0 aliphatic carbocycles. The average molecular weight is 992 g/mol. The van der Waals surface area contributed by atoms with E-state index in [0.29, 0.717) is 66.9 Å². The molecule has 0 bridgehead atoms. The number of nitrogen functional groups attached to an aromatic ring is 4. The van der Waals surface area contributed by atoms with Crippen LogP contribution in [0.5, 0.6) is 0 Å². The van der Waals surface area contributed by atoms with Crippen LogP contribution in [0.4, 0.5) is 23.3 Å². The van der Waals surface area contributed by atoms with Gasteiger partial charge in [-0.3, -0.25) is 0 Å². The molecule has 367 valence electrons. The van der Waals surface area contributed by atoms with Gasteiger partial charge in [0.05, 0.1) is 68.7 Å². The number of H-pyrrole nitrogens is 2. The van der Waals surface area contributed by atoms with Crippen LogP contribution in [0.25, 0.3) is 43.6 Å². The molecule has 30 N–H and O–H groups in total. The molecule has 67 heavy (non-hydrogen) atoms. The Balaban J connectivity index is -0.000000145. The monoisotopic (exact) mass is 991 g/mol. The predicted octanol–water partition coefficient (Wildman–Crippen LogP) is -9.90. The second-order valence-electron chi connectivity index (χ2n) is 11.5. The molecule has 0 fully saturated rings. The maximum absolute atomic E-state index is 10.9. The second kappa shape index (κ2) is 32.3. The Morgan fingerprint density at radius 3 is 0.627 bits per heavy atom. The van der Waals surface area contributed by atoms with Crippen molar-refractivity contribution >= 4 is 90.8 Å². The summed E-state index contributed by atoms with van der Waals surface area (Å²) in [6.07, 6.45) is 0. The molecule has 0 aliphatic rings. The minimum Gasteiger partial charge on any atom is -0.543 e. The van der Waals surface area contributed by atoms with Crippen LogP contribution < -0.4 is 53.3 Å². The number of carboxylic acid groups (broad SMARTS) is 4. The van der Waals surface area contributed by atoms with Crippen LogP contribution >= 0.6 is 0 Å². The fourth-order valence-corrected chi connectivity index (χ4v) is 5.00. The number of fused-ring (bicyclic) bond motifs is 6. The zero-order chi connectivity index (χ0) is 40.5. The van der Waals surface area contributed by atoms with Gasteiger partial charge >= 0.3 is 16.8 Å². The van der Waals surface area contributed by atoms with Crippen LogP contribution in [0.1, 0.15) is 42.0 Å². The van der Waals surface area contributed by atoms with Crippen LogP contribution in [-0.2, 0) is 16.8 Å². The molecule has 0 saturated carbocycles. The summed E-state index contributed by atoms with van der Waals surface area (Å²) in [7, 11) is 0. The molecule has 0 spiro atoms. The molecular weight excluding hydrogens is 943 g/mol. The largest absolute Gasteiger partial charge is 2.00 e. The van der Waals surface area contributed by atoms with Gasteiger partial charge in [0.1, 0.15) is 0 Å². The number of rotatable bonds is 4. The molecule has 0 atom stereocenters. The maximum Gasteiger partial charge on any atom is 2.00 e. The van der Waals surface area contributed by atoms with Crippen molar-refractivity contribution in [1.29, 1.82) is 0 Å². The van der Waals surface area contributed by atoms with Crippen LogP contribution in [0.15, 0.2) is 109 Å². The Morgan fingerprint density at radius 1 is 0.328 bits per heavy atom. The molecule has 0 saturated heterocycles. The van der Waals surface area contributed by atoms with Crippen LogP contribution in [0.3, 0.4) is 0 Å². The molecule has 1 radical (unpaired) electrons. The number of benzene rings is 2. The summed E-state index contributed by atoms with van der Waals surface area (Å²) in [4.78, 5) is 64.7. The van der Waals surface area contributed by atoms with E-state index >= 15 is 0 Å². The van der Waals surface area contributed by atoms with Gasteiger partial charge in [0.25, 0.3) is 0 Å². The summed E-state index contributed by atoms with van der Waals surface area (Å²) < 4.78 is 0. The number of pyridine rings is 6. The van der Waals surface area contributed by atoms with E-state index < -0.39 is 23.9 Å². The van der Waals surface area contributed by atoms with Gasteiger partial charge in [-0.05, 0) is 36.4 Å². The van der Waals surface area contributed by atoms with Gasteiger partial charge in [-0.15, -0.1) is 0 Å². The van der Waals surface area contributed by atoms with Crippen molar-refractivity contribution in [3.05, 3.63) is 132 Å². The minimum atomic E-state index is -1.40. The van der Waals surface area contributed by atoms with Gasteiger partial charge in [0.2, 0.25) is 23.3 Å². The third-order valence-electron chi connectivity index (χ3n) is 7.56. The molecule has 2 aromatic carbocycles. The molecular formula is C38H48CoN10O18. The third-order valence-corrected chi connectivity index (χ3v) is 7.56. The first-order valence-corrected chi connectivity index (χ1v) is 16.0. The summed E-state index contributed by atoms with van der Waals surface area (Å²) in [5.41, 5.74) is 21.6. The number of nitrogens with zero attached hydrogens (tertiary/aromatic N) is 4. The minimum absolute atomic E-state index is 0. The Morgan fingerprint density at radius 2 is 0.493 bits per heavy atom. The number of carboxylic acids is 4. The molecule has 29 heteroatoms. The zero-order valence-electron chi connectivity index (χ0n) is 34.1. The number of carbonyl (C=O) groups is 4. The van der Waals surface area contributed by atoms with Gasteiger partial charge in [-0.2, -0.15) is 0 Å². The van der Waals surface area contributed by atoms with E-state index in [-0.39, 0.29) is 94.3 Å². The summed E-state index contributed by atoms with van der Waals surface area (Å²) in [6.45, 7) is 0. The molecule has 0 amide bonds. The van der Waals surface area contributed by atoms with Crippen molar-refractivity contribution in [3.8, 4) is 0 Å². The Labute approximate surface area is 385 Å². The number of aromatic amines is 2. The smallest absolute Gasteiger partial charge is 0.543 e. The van der Waals surface area contributed by atoms with E-state index in [1.807, 2.05) is 0 Å². The SMILES string of the molecule is Nc1cccc(N)[nH+]1.Nc1cccc(N)[nH+]1.O.O.O.O.O.O.O.O.O.O.O=C([O-])c1ccc2ccc3ccc(C(=O)[O-])nc3c2n1.O=C([O-])c1ccc2ccc3ccc(C(=O)[O-])nc3c2n1.[Co+2]. The van der Waals surface area contributed by atoms with Gasteiger partial charge < -0.3 is 117 Å². The maximum atomic E-state index is 10.9. The molecule has 6 heterocycles. The van der Waals surface area contributed by atoms with Crippen molar-refractivity contribution in [3.63, 3.8) is 0 Å². The van der Waals surface area contributed by atoms with Crippen LogP contribution in [-0.4, -0.2) is 98.6 Å². The van der Waals surface area contributed by atoms with Gasteiger partial charge in [-0.1, -0.05) is 48.5 Å². The van der Waals surface area contributed by atoms with Gasteiger partial charge in [0, 0.05) is 45.8 Å². The number of hydrogen-bond acceptors (Lipinski definition) is 16. The standard InChI is InChI=1S/2C14H8N2O4.2C5H7N3.Co.10H2O/c2*17-13(18)9-5-3-7-1-2-8-4-6-10(14(19)20)16-12(8)11(7)15-9;2*6-4-2-1-3-5(7)8-4;;;;;;;;;;;/h2*1-6H,(H,17,18)(H,19,20);2*1-3H,(H4,6,7,8);;10*1H2/q;;;;+2;;;;;;;;;;/p-2. The van der Waals surface area contributed by atoms with Crippen molar-refractivity contribution in [2.75, 3.05) is 22.9 Å². The summed E-state index contributed by atoms with van der Waals surface area (Å²) >= 11 is 0. The number of aromatic nitrogens is 6. The van der Waals surface area contributed by atoms with E-state index in [2.05, 4.69) is 29.9 Å². The topological polar surface area (TPSA) is 659 Å². The number of anilines is 4. The van der Waals surface area contributed by atoms with Crippen LogP contribution in [0, 0.1) is 0 Å². The number of aromatic carboxylic acids is 4. The fraction of sp³-hybridized carbons (Fsp3) is 0. The van der Waals surface area contributed by atoms with E-state index in [1.54, 1.807) is 84.9 Å². The van der Waals surface area contributed by atoms with Gasteiger partial charge in [-0.25, -0.2) is 29.9 Å². The molecule has 28 nitrogen and oxygen atoms in total. The third kappa shape index (κ3) is 18.7. The second-order valence-corrected chi connectivity index (χ2v) is 11.5. The Bertz CT molecular complexity index is 2460. The number of nitrogens with two attached hydrogens (primary N) is 4. The Hall–Kier alpha value is -8.43. The van der Waals surface area contributed by atoms with E-state index in [0.717, 1.165) is 0 Å².